The minimum Gasteiger partial charge on any atom is -0.490 e. The molecular weight excluding hydrogens is 352 g/mol. The van der Waals surface area contributed by atoms with Crippen molar-refractivity contribution < 1.29 is 22.7 Å². The predicted molar refractivity (Wildman–Crippen MR) is 91.4 cm³/mol. The first-order chi connectivity index (χ1) is 11.4. The average molecular weight is 369 g/mol. The van der Waals surface area contributed by atoms with Gasteiger partial charge in [-0.3, -0.25) is 4.79 Å². The molecule has 0 aliphatic heterocycles. The van der Waals surface area contributed by atoms with Gasteiger partial charge in [0.15, 0.2) is 21.3 Å². The number of ether oxygens (including phenoxy) is 2. The molecule has 5 nitrogen and oxygen atoms in total. The van der Waals surface area contributed by atoms with E-state index in [1.165, 1.54) is 24.3 Å². The van der Waals surface area contributed by atoms with Gasteiger partial charge in [0, 0.05) is 5.02 Å². The van der Waals surface area contributed by atoms with Crippen molar-refractivity contribution in [3.05, 3.63) is 53.6 Å². The number of halogens is 1. The smallest absolute Gasteiger partial charge is 0.312 e. The Balaban J connectivity index is 1.99. The highest BCUT2D eigenvalue weighted by Crippen LogP contribution is 2.26. The summed E-state index contributed by atoms with van der Waals surface area (Å²) in [6.45, 7) is 2.25. The predicted octanol–water partition coefficient (Wildman–Crippen LogP) is 3.51. The zero-order valence-corrected chi connectivity index (χ0v) is 14.6. The average Bonchev–Trinajstić information content (AvgIpc) is 2.56. The van der Waals surface area contributed by atoms with Gasteiger partial charge in [-0.1, -0.05) is 23.7 Å². The van der Waals surface area contributed by atoms with Crippen LogP contribution in [0, 0.1) is 0 Å². The van der Waals surface area contributed by atoms with Gasteiger partial charge < -0.3 is 9.47 Å². The first-order valence-electron chi connectivity index (χ1n) is 7.33. The van der Waals surface area contributed by atoms with E-state index in [-0.39, 0.29) is 22.8 Å². The first-order valence-corrected chi connectivity index (χ1v) is 9.36. The molecule has 0 saturated carbocycles. The van der Waals surface area contributed by atoms with Crippen LogP contribution in [-0.4, -0.2) is 26.7 Å². The van der Waals surface area contributed by atoms with Crippen molar-refractivity contribution in [2.75, 3.05) is 12.4 Å². The van der Waals surface area contributed by atoms with Crippen LogP contribution in [0.5, 0.6) is 11.5 Å². The van der Waals surface area contributed by atoms with Crippen LogP contribution in [-0.2, 0) is 14.6 Å². The topological polar surface area (TPSA) is 69.7 Å². The molecule has 2 aromatic carbocycles. The number of sulfone groups is 1. The van der Waals surface area contributed by atoms with Crippen molar-refractivity contribution in [3.8, 4) is 11.5 Å². The number of rotatable bonds is 7. The molecule has 0 radical (unpaired) electrons. The Kier molecular flexibility index (Phi) is 6.23. The number of hydrogen-bond acceptors (Lipinski definition) is 5. The molecule has 0 atom stereocenters. The maximum atomic E-state index is 12.2. The Bertz CT molecular complexity index is 800. The summed E-state index contributed by atoms with van der Waals surface area (Å²) in [6, 6.07) is 12.5. The van der Waals surface area contributed by atoms with E-state index in [2.05, 4.69) is 0 Å². The van der Waals surface area contributed by atoms with Crippen LogP contribution < -0.4 is 9.47 Å². The van der Waals surface area contributed by atoms with Gasteiger partial charge in [-0.2, -0.15) is 0 Å². The van der Waals surface area contributed by atoms with Crippen molar-refractivity contribution in [2.24, 2.45) is 0 Å². The molecule has 0 unspecified atom stereocenters. The van der Waals surface area contributed by atoms with Crippen LogP contribution in [0.15, 0.2) is 53.4 Å². The second-order valence-corrected chi connectivity index (χ2v) is 7.42. The molecule has 0 aliphatic carbocycles. The molecule has 7 heteroatoms. The lowest BCUT2D eigenvalue weighted by Crippen LogP contribution is -2.16. The molecule has 2 rings (SSSR count). The number of benzene rings is 2. The van der Waals surface area contributed by atoms with Crippen LogP contribution in [0.4, 0.5) is 0 Å². The van der Waals surface area contributed by atoms with Crippen LogP contribution in [0.25, 0.3) is 0 Å². The van der Waals surface area contributed by atoms with E-state index in [9.17, 15) is 13.2 Å². The Morgan fingerprint density at radius 2 is 1.67 bits per heavy atom. The number of carbonyl (C=O) groups is 1. The van der Waals surface area contributed by atoms with E-state index in [0.717, 1.165) is 0 Å². The molecule has 0 N–H and O–H groups in total. The SMILES string of the molecule is CCOc1ccccc1OC(=O)CCS(=O)(=O)c1ccc(Cl)cc1. The number of esters is 1. The van der Waals surface area contributed by atoms with Gasteiger partial charge in [-0.25, -0.2) is 8.42 Å². The molecule has 0 heterocycles. The molecular formula is C17H17ClO5S. The Hall–Kier alpha value is -2.05. The zero-order chi connectivity index (χ0) is 17.6. The Morgan fingerprint density at radius 1 is 1.04 bits per heavy atom. The van der Waals surface area contributed by atoms with Crippen LogP contribution in [0.1, 0.15) is 13.3 Å². The molecule has 24 heavy (non-hydrogen) atoms. The minimum absolute atomic E-state index is 0.120. The second-order valence-electron chi connectivity index (χ2n) is 4.88. The summed E-state index contributed by atoms with van der Waals surface area (Å²) in [7, 11) is -3.58. The molecule has 0 amide bonds. The molecule has 0 fully saturated rings. The third-order valence-corrected chi connectivity index (χ3v) is 5.10. The molecule has 2 aromatic rings. The normalized spacial score (nSPS) is 11.1. The van der Waals surface area contributed by atoms with E-state index in [1.807, 2.05) is 6.92 Å². The number of carbonyl (C=O) groups excluding carboxylic acids is 1. The highest BCUT2D eigenvalue weighted by molar-refractivity contribution is 7.91. The highest BCUT2D eigenvalue weighted by Gasteiger charge is 2.18. The van der Waals surface area contributed by atoms with E-state index < -0.39 is 15.8 Å². The summed E-state index contributed by atoms with van der Waals surface area (Å²) in [5.74, 6) is -0.272. The molecule has 0 spiro atoms. The Labute approximate surface area is 146 Å². The molecule has 0 aliphatic rings. The third-order valence-electron chi connectivity index (χ3n) is 3.12. The summed E-state index contributed by atoms with van der Waals surface area (Å²) >= 11 is 5.74. The van der Waals surface area contributed by atoms with Crippen molar-refractivity contribution >= 4 is 27.4 Å². The van der Waals surface area contributed by atoms with E-state index in [0.29, 0.717) is 17.4 Å². The van der Waals surface area contributed by atoms with Gasteiger partial charge in [-0.05, 0) is 43.3 Å². The lowest BCUT2D eigenvalue weighted by molar-refractivity contribution is -0.134. The molecule has 128 valence electrons. The molecule has 0 bridgehead atoms. The van der Waals surface area contributed by atoms with Crippen molar-refractivity contribution in [1.29, 1.82) is 0 Å². The van der Waals surface area contributed by atoms with Crippen molar-refractivity contribution in [2.45, 2.75) is 18.2 Å². The molecule has 0 aromatic heterocycles. The zero-order valence-electron chi connectivity index (χ0n) is 13.1. The van der Waals surface area contributed by atoms with E-state index in [4.69, 9.17) is 21.1 Å². The third kappa shape index (κ3) is 4.97. The first kappa shape index (κ1) is 18.3. The summed E-state index contributed by atoms with van der Waals surface area (Å²) in [6.07, 6.45) is -0.259. The fraction of sp³-hybridized carbons (Fsp3) is 0.235. The van der Waals surface area contributed by atoms with Crippen LogP contribution in [0.3, 0.4) is 0 Å². The van der Waals surface area contributed by atoms with E-state index >= 15 is 0 Å². The maximum absolute atomic E-state index is 12.2. The van der Waals surface area contributed by atoms with Gasteiger partial charge in [0.1, 0.15) is 0 Å². The summed E-state index contributed by atoms with van der Waals surface area (Å²) in [5.41, 5.74) is 0. The fourth-order valence-corrected chi connectivity index (χ4v) is 3.31. The van der Waals surface area contributed by atoms with Crippen molar-refractivity contribution in [3.63, 3.8) is 0 Å². The standard InChI is InChI=1S/C17H17ClO5S/c1-2-22-15-5-3-4-6-16(15)23-17(19)11-12-24(20,21)14-9-7-13(18)8-10-14/h3-10H,2,11-12H2,1H3. The summed E-state index contributed by atoms with van der Waals surface area (Å²) < 4.78 is 34.9. The summed E-state index contributed by atoms with van der Waals surface area (Å²) in [5, 5.41) is 0.445. The lowest BCUT2D eigenvalue weighted by Gasteiger charge is -2.10. The number of hydrogen-bond donors (Lipinski definition) is 0. The van der Waals surface area contributed by atoms with E-state index in [1.54, 1.807) is 24.3 Å². The monoisotopic (exact) mass is 368 g/mol. The van der Waals surface area contributed by atoms with Crippen LogP contribution >= 0.6 is 11.6 Å². The fourth-order valence-electron chi connectivity index (χ4n) is 1.96. The summed E-state index contributed by atoms with van der Waals surface area (Å²) in [4.78, 5) is 12.1. The largest absolute Gasteiger partial charge is 0.490 e. The lowest BCUT2D eigenvalue weighted by atomic mass is 10.3. The van der Waals surface area contributed by atoms with Gasteiger partial charge in [0.25, 0.3) is 0 Å². The van der Waals surface area contributed by atoms with Gasteiger partial charge in [0.2, 0.25) is 0 Å². The van der Waals surface area contributed by atoms with Gasteiger partial charge >= 0.3 is 5.97 Å². The quantitative estimate of drug-likeness (QED) is 0.552. The van der Waals surface area contributed by atoms with Crippen molar-refractivity contribution in [1.82, 2.24) is 0 Å². The van der Waals surface area contributed by atoms with Gasteiger partial charge in [0.05, 0.1) is 23.7 Å². The maximum Gasteiger partial charge on any atom is 0.312 e. The molecule has 0 saturated heterocycles. The van der Waals surface area contributed by atoms with Crippen LogP contribution in [0.2, 0.25) is 5.02 Å². The Morgan fingerprint density at radius 3 is 2.29 bits per heavy atom. The number of para-hydroxylation sites is 2. The minimum atomic E-state index is -3.58. The van der Waals surface area contributed by atoms with Gasteiger partial charge in [-0.15, -0.1) is 0 Å². The highest BCUT2D eigenvalue weighted by atomic mass is 35.5. The second kappa shape index (κ2) is 8.17.